The van der Waals surface area contributed by atoms with Crippen LogP contribution in [0.5, 0.6) is 0 Å². The first-order valence-electron chi connectivity index (χ1n) is 7.86. The third-order valence-electron chi connectivity index (χ3n) is 4.31. The van der Waals surface area contributed by atoms with Crippen molar-refractivity contribution in [2.75, 3.05) is 5.32 Å². The lowest BCUT2D eigenvalue weighted by atomic mass is 9.96. The van der Waals surface area contributed by atoms with Crippen molar-refractivity contribution >= 4 is 34.7 Å². The Labute approximate surface area is 147 Å². The van der Waals surface area contributed by atoms with E-state index in [0.717, 1.165) is 23.4 Å². The molecule has 3 nitrogen and oxygen atoms in total. The maximum absolute atomic E-state index is 12.4. The first-order chi connectivity index (χ1) is 10.6. The Morgan fingerprint density at radius 3 is 2.65 bits per heavy atom. The van der Waals surface area contributed by atoms with Gasteiger partial charge < -0.3 is 11.1 Å². The minimum absolute atomic E-state index is 0. The normalized spacial score (nSPS) is 14.5. The van der Waals surface area contributed by atoms with Crippen molar-refractivity contribution in [2.24, 2.45) is 5.73 Å². The monoisotopic (exact) mass is 350 g/mol. The molecule has 0 spiro atoms. The van der Waals surface area contributed by atoms with Gasteiger partial charge in [-0.1, -0.05) is 30.3 Å². The first kappa shape index (κ1) is 18.0. The largest absolute Gasteiger partial charge is 0.320 e. The summed E-state index contributed by atoms with van der Waals surface area (Å²) in [5.41, 5.74) is 9.84. The second-order valence-corrected chi connectivity index (χ2v) is 7.06. The molecule has 0 unspecified atom stereocenters. The predicted octanol–water partition coefficient (Wildman–Crippen LogP) is 3.87. The third kappa shape index (κ3) is 4.14. The summed E-state index contributed by atoms with van der Waals surface area (Å²) in [5, 5.41) is 4.03. The molecule has 0 bridgehead atoms. The van der Waals surface area contributed by atoms with E-state index in [2.05, 4.69) is 12.2 Å². The summed E-state index contributed by atoms with van der Waals surface area (Å²) >= 11 is 1.73. The van der Waals surface area contributed by atoms with E-state index in [1.165, 1.54) is 28.8 Å². The second kappa shape index (κ2) is 7.95. The van der Waals surface area contributed by atoms with Gasteiger partial charge in [0.15, 0.2) is 0 Å². The molecule has 3 N–H and O–H groups in total. The lowest BCUT2D eigenvalue weighted by Gasteiger charge is -2.12. The quantitative estimate of drug-likeness (QED) is 0.879. The molecule has 1 aliphatic carbocycles. The average molecular weight is 351 g/mol. The Kier molecular flexibility index (Phi) is 6.22. The molecule has 3 rings (SSSR count). The average Bonchev–Trinajstić information content (AvgIpc) is 2.85. The van der Waals surface area contributed by atoms with Crippen molar-refractivity contribution in [1.82, 2.24) is 0 Å². The Hall–Kier alpha value is -1.36. The fraction of sp³-hybridized carbons (Fsp3) is 0.389. The number of anilines is 1. The van der Waals surface area contributed by atoms with Gasteiger partial charge in [0.2, 0.25) is 5.91 Å². The van der Waals surface area contributed by atoms with Crippen LogP contribution in [0.2, 0.25) is 0 Å². The van der Waals surface area contributed by atoms with Crippen LogP contribution in [0.3, 0.4) is 0 Å². The van der Waals surface area contributed by atoms with Gasteiger partial charge in [0, 0.05) is 4.88 Å². The molecule has 124 valence electrons. The van der Waals surface area contributed by atoms with E-state index in [-0.39, 0.29) is 18.3 Å². The van der Waals surface area contributed by atoms with Crippen LogP contribution in [-0.2, 0) is 24.1 Å². The summed E-state index contributed by atoms with van der Waals surface area (Å²) in [6, 6.07) is 9.40. The summed E-state index contributed by atoms with van der Waals surface area (Å²) in [6.07, 6.45) is 5.37. The van der Waals surface area contributed by atoms with Crippen molar-refractivity contribution in [1.29, 1.82) is 0 Å². The molecule has 1 heterocycles. The summed E-state index contributed by atoms with van der Waals surface area (Å²) < 4.78 is 0. The SMILES string of the molecule is Cc1c(NC(=O)[C@@H](N)Cc2ccccc2)sc2c1CCCC2.Cl. The van der Waals surface area contributed by atoms with Crippen molar-refractivity contribution in [2.45, 2.75) is 45.1 Å². The highest BCUT2D eigenvalue weighted by Crippen LogP contribution is 2.37. The number of rotatable bonds is 4. The second-order valence-electron chi connectivity index (χ2n) is 5.95. The highest BCUT2D eigenvalue weighted by atomic mass is 35.5. The summed E-state index contributed by atoms with van der Waals surface area (Å²) in [4.78, 5) is 13.8. The van der Waals surface area contributed by atoms with Crippen molar-refractivity contribution in [3.05, 3.63) is 51.9 Å². The number of carbonyl (C=O) groups excluding carboxylic acids is 1. The topological polar surface area (TPSA) is 55.1 Å². The van der Waals surface area contributed by atoms with Crippen molar-refractivity contribution < 1.29 is 4.79 Å². The molecular formula is C18H23ClN2OS. The van der Waals surface area contributed by atoms with E-state index in [4.69, 9.17) is 5.73 Å². The van der Waals surface area contributed by atoms with Gasteiger partial charge in [0.25, 0.3) is 0 Å². The first-order valence-corrected chi connectivity index (χ1v) is 8.68. The minimum atomic E-state index is -0.513. The number of amides is 1. The smallest absolute Gasteiger partial charge is 0.242 e. The lowest BCUT2D eigenvalue weighted by Crippen LogP contribution is -2.37. The highest BCUT2D eigenvalue weighted by Gasteiger charge is 2.21. The molecule has 1 amide bonds. The van der Waals surface area contributed by atoms with E-state index < -0.39 is 6.04 Å². The number of halogens is 1. The van der Waals surface area contributed by atoms with E-state index in [0.29, 0.717) is 6.42 Å². The molecule has 5 heteroatoms. The Morgan fingerprint density at radius 2 is 1.96 bits per heavy atom. The van der Waals surface area contributed by atoms with E-state index in [9.17, 15) is 4.79 Å². The zero-order valence-electron chi connectivity index (χ0n) is 13.3. The molecule has 1 aromatic carbocycles. The number of thiophene rings is 1. The Balaban J connectivity index is 0.00000192. The van der Waals surface area contributed by atoms with Crippen LogP contribution < -0.4 is 11.1 Å². The maximum atomic E-state index is 12.4. The fourth-order valence-electron chi connectivity index (χ4n) is 3.01. The number of hydrogen-bond donors (Lipinski definition) is 2. The van der Waals surface area contributed by atoms with Crippen LogP contribution in [0.4, 0.5) is 5.00 Å². The fourth-order valence-corrected chi connectivity index (χ4v) is 4.31. The molecule has 0 saturated carbocycles. The lowest BCUT2D eigenvalue weighted by molar-refractivity contribution is -0.117. The molecular weight excluding hydrogens is 328 g/mol. The molecule has 0 radical (unpaired) electrons. The molecule has 1 aromatic heterocycles. The summed E-state index contributed by atoms with van der Waals surface area (Å²) in [7, 11) is 0. The van der Waals surface area contributed by atoms with Crippen LogP contribution in [0, 0.1) is 6.92 Å². The number of hydrogen-bond acceptors (Lipinski definition) is 3. The standard InChI is InChI=1S/C18H22N2OS.ClH/c1-12-14-9-5-6-10-16(14)22-18(12)20-17(21)15(19)11-13-7-3-2-4-8-13;/h2-4,7-8,15H,5-6,9-11,19H2,1H3,(H,20,21);1H/t15-;/m0./s1. The molecule has 23 heavy (non-hydrogen) atoms. The minimum Gasteiger partial charge on any atom is -0.320 e. The van der Waals surface area contributed by atoms with Gasteiger partial charge in [-0.05, 0) is 55.7 Å². The van der Waals surface area contributed by atoms with Gasteiger partial charge in [0.05, 0.1) is 11.0 Å². The molecule has 0 fully saturated rings. The zero-order chi connectivity index (χ0) is 15.5. The molecule has 1 atom stereocenters. The van der Waals surface area contributed by atoms with Crippen LogP contribution in [-0.4, -0.2) is 11.9 Å². The predicted molar refractivity (Wildman–Crippen MR) is 99.7 cm³/mol. The number of aryl methyl sites for hydroxylation is 1. The molecule has 0 aliphatic heterocycles. The van der Waals surface area contributed by atoms with Crippen LogP contribution in [0.15, 0.2) is 30.3 Å². The summed E-state index contributed by atoms with van der Waals surface area (Å²) in [5.74, 6) is -0.0921. The van der Waals surface area contributed by atoms with Gasteiger partial charge in [-0.15, -0.1) is 23.7 Å². The highest BCUT2D eigenvalue weighted by molar-refractivity contribution is 7.16. The van der Waals surface area contributed by atoms with Crippen LogP contribution in [0.1, 0.15) is 34.4 Å². The molecule has 2 aromatic rings. The van der Waals surface area contributed by atoms with Crippen molar-refractivity contribution in [3.63, 3.8) is 0 Å². The van der Waals surface area contributed by atoms with Gasteiger partial charge in [0.1, 0.15) is 0 Å². The van der Waals surface area contributed by atoms with Crippen LogP contribution >= 0.6 is 23.7 Å². The van der Waals surface area contributed by atoms with Gasteiger partial charge >= 0.3 is 0 Å². The van der Waals surface area contributed by atoms with Gasteiger partial charge in [-0.25, -0.2) is 0 Å². The van der Waals surface area contributed by atoms with Crippen molar-refractivity contribution in [3.8, 4) is 0 Å². The number of carbonyl (C=O) groups is 1. The third-order valence-corrected chi connectivity index (χ3v) is 5.62. The molecule has 1 aliphatic rings. The van der Waals surface area contributed by atoms with Gasteiger partial charge in [-0.3, -0.25) is 4.79 Å². The zero-order valence-corrected chi connectivity index (χ0v) is 14.9. The maximum Gasteiger partial charge on any atom is 0.242 e. The number of nitrogens with two attached hydrogens (primary N) is 1. The van der Waals surface area contributed by atoms with E-state index in [1.54, 1.807) is 11.3 Å². The van der Waals surface area contributed by atoms with E-state index >= 15 is 0 Å². The number of benzene rings is 1. The Bertz CT molecular complexity index is 669. The number of fused-ring (bicyclic) bond motifs is 1. The van der Waals surface area contributed by atoms with Crippen LogP contribution in [0.25, 0.3) is 0 Å². The summed E-state index contributed by atoms with van der Waals surface area (Å²) in [6.45, 7) is 2.11. The number of nitrogens with one attached hydrogen (secondary N) is 1. The van der Waals surface area contributed by atoms with E-state index in [1.807, 2.05) is 30.3 Å². The molecule has 0 saturated heterocycles. The van der Waals surface area contributed by atoms with Gasteiger partial charge in [-0.2, -0.15) is 0 Å². The Morgan fingerprint density at radius 1 is 1.26 bits per heavy atom.